The van der Waals surface area contributed by atoms with E-state index in [1.54, 1.807) is 31.4 Å². The van der Waals surface area contributed by atoms with E-state index in [2.05, 4.69) is 6.07 Å². The minimum Gasteiger partial charge on any atom is -0.493 e. The maximum absolute atomic E-state index is 13.2. The van der Waals surface area contributed by atoms with Crippen LogP contribution in [-0.4, -0.2) is 20.1 Å². The third kappa shape index (κ3) is 6.05. The molecule has 0 spiro atoms. The zero-order valence-electron chi connectivity index (χ0n) is 21.3. The number of nitrogens with two attached hydrogens (primary N) is 1. The summed E-state index contributed by atoms with van der Waals surface area (Å²) in [5.41, 5.74) is 9.82. The molecule has 4 aromatic rings. The van der Waals surface area contributed by atoms with Gasteiger partial charge in [0, 0.05) is 23.9 Å². The second-order valence-electron chi connectivity index (χ2n) is 8.60. The molecule has 7 nitrogen and oxygen atoms in total. The molecule has 0 aliphatic rings. The van der Waals surface area contributed by atoms with E-state index in [9.17, 15) is 10.1 Å². The van der Waals surface area contributed by atoms with E-state index in [1.165, 1.54) is 7.11 Å². The fourth-order valence-electron chi connectivity index (χ4n) is 4.26. The molecule has 0 saturated heterocycles. The van der Waals surface area contributed by atoms with Crippen molar-refractivity contribution in [1.82, 2.24) is 0 Å². The number of rotatable bonds is 11. The first-order chi connectivity index (χ1) is 18.5. The zero-order chi connectivity index (χ0) is 26.9. The van der Waals surface area contributed by atoms with Crippen LogP contribution >= 0.6 is 0 Å². The molecule has 0 heterocycles. The molecule has 2 N–H and O–H groups in total. The van der Waals surface area contributed by atoms with Gasteiger partial charge in [0.15, 0.2) is 11.5 Å². The Bertz CT molecular complexity index is 1400. The number of nitriles is 1. The average Bonchev–Trinajstić information content (AvgIpc) is 2.96. The summed E-state index contributed by atoms with van der Waals surface area (Å²) in [6.07, 6.45) is 0. The van der Waals surface area contributed by atoms with Crippen molar-refractivity contribution in [2.75, 3.05) is 19.1 Å². The quantitative estimate of drug-likeness (QED) is 0.292. The second-order valence-corrected chi connectivity index (χ2v) is 8.60. The van der Waals surface area contributed by atoms with Gasteiger partial charge in [0.1, 0.15) is 18.4 Å². The minimum atomic E-state index is -0.922. The Morgan fingerprint density at radius 2 is 1.42 bits per heavy atom. The number of anilines is 1. The van der Waals surface area contributed by atoms with Crippen molar-refractivity contribution in [2.45, 2.75) is 19.2 Å². The van der Waals surface area contributed by atoms with Crippen molar-refractivity contribution >= 4 is 11.6 Å². The first-order valence-electron chi connectivity index (χ1n) is 12.1. The van der Waals surface area contributed by atoms with Crippen LogP contribution in [0.2, 0.25) is 0 Å². The third-order valence-electron chi connectivity index (χ3n) is 6.15. The largest absolute Gasteiger partial charge is 0.493 e. The summed E-state index contributed by atoms with van der Waals surface area (Å²) in [5.74, 6) is 0.792. The summed E-state index contributed by atoms with van der Waals surface area (Å²) < 4.78 is 17.4. The molecular formula is C31H29N3O4. The molecule has 0 aliphatic carbocycles. The summed E-state index contributed by atoms with van der Waals surface area (Å²) in [4.78, 5) is 15.1. The number of benzene rings is 4. The van der Waals surface area contributed by atoms with Crippen LogP contribution in [0.1, 0.15) is 28.3 Å². The van der Waals surface area contributed by atoms with Gasteiger partial charge >= 0.3 is 0 Å². The van der Waals surface area contributed by atoms with E-state index < -0.39 is 11.9 Å². The Hall–Kier alpha value is -4.96. The van der Waals surface area contributed by atoms with Crippen molar-refractivity contribution < 1.29 is 19.0 Å². The number of amides is 1. The fourth-order valence-corrected chi connectivity index (χ4v) is 4.26. The van der Waals surface area contributed by atoms with Crippen LogP contribution in [0.4, 0.5) is 5.69 Å². The first-order valence-corrected chi connectivity index (χ1v) is 12.1. The highest BCUT2D eigenvalue weighted by molar-refractivity contribution is 5.86. The number of carbonyl (C=O) groups excluding carboxylic acids is 1. The summed E-state index contributed by atoms with van der Waals surface area (Å²) in [7, 11) is 3.08. The molecule has 0 aromatic heterocycles. The summed E-state index contributed by atoms with van der Waals surface area (Å²) in [6, 6.07) is 31.2. The normalized spacial score (nSPS) is 11.2. The highest BCUT2D eigenvalue weighted by Gasteiger charge is 2.31. The number of hydrogen-bond acceptors (Lipinski definition) is 6. The van der Waals surface area contributed by atoms with Gasteiger partial charge in [0.05, 0.1) is 25.9 Å². The molecule has 192 valence electrons. The lowest BCUT2D eigenvalue weighted by Crippen LogP contribution is -2.38. The van der Waals surface area contributed by atoms with Crippen LogP contribution in [0.5, 0.6) is 17.2 Å². The molecule has 4 aromatic carbocycles. The molecule has 38 heavy (non-hydrogen) atoms. The van der Waals surface area contributed by atoms with Gasteiger partial charge in [-0.05, 0) is 41.5 Å². The number of ether oxygens (including phenoxy) is 3. The van der Waals surface area contributed by atoms with Crippen LogP contribution in [0, 0.1) is 11.3 Å². The number of methoxy groups -OCH3 is 2. The van der Waals surface area contributed by atoms with E-state index >= 15 is 0 Å². The number of nitrogens with zero attached hydrogens (tertiary/aromatic N) is 2. The molecule has 0 radical (unpaired) electrons. The lowest BCUT2D eigenvalue weighted by Gasteiger charge is -2.33. The summed E-state index contributed by atoms with van der Waals surface area (Å²) in [5, 5.41) is 9.29. The Kier molecular flexibility index (Phi) is 8.47. The SMILES string of the molecule is COc1cc(OCc2ccccc2)c(C(C(N)=O)N(Cc2ccccc2)c2ccc(C#N)cc2)cc1OC. The van der Waals surface area contributed by atoms with Gasteiger partial charge in [0.2, 0.25) is 5.91 Å². The molecule has 0 fully saturated rings. The lowest BCUT2D eigenvalue weighted by atomic mass is 10.00. The van der Waals surface area contributed by atoms with E-state index in [0.29, 0.717) is 34.9 Å². The number of primary amides is 1. The van der Waals surface area contributed by atoms with Crippen LogP contribution in [0.25, 0.3) is 0 Å². The van der Waals surface area contributed by atoms with Gasteiger partial charge in [0.25, 0.3) is 0 Å². The summed E-state index contributed by atoms with van der Waals surface area (Å²) in [6.45, 7) is 0.664. The monoisotopic (exact) mass is 507 g/mol. The van der Waals surface area contributed by atoms with Crippen molar-refractivity contribution in [2.24, 2.45) is 5.73 Å². The molecular weight excluding hydrogens is 478 g/mol. The predicted molar refractivity (Wildman–Crippen MR) is 146 cm³/mol. The topological polar surface area (TPSA) is 97.8 Å². The standard InChI is InChI=1S/C31H29N3O4/c1-36-28-17-26(27(18-29(28)37-2)38-21-24-11-7-4-8-12-24)30(31(33)35)34(20-23-9-5-3-6-10-23)25-15-13-22(19-32)14-16-25/h3-18,30H,20-21H2,1-2H3,(H2,33,35). The molecule has 0 saturated carbocycles. The molecule has 1 atom stereocenters. The van der Waals surface area contributed by atoms with Gasteiger partial charge in [-0.2, -0.15) is 5.26 Å². The van der Waals surface area contributed by atoms with Gasteiger partial charge in [-0.25, -0.2) is 0 Å². The van der Waals surface area contributed by atoms with Crippen LogP contribution in [0.15, 0.2) is 97.1 Å². The average molecular weight is 508 g/mol. The van der Waals surface area contributed by atoms with Gasteiger partial charge in [-0.1, -0.05) is 60.7 Å². The van der Waals surface area contributed by atoms with Crippen molar-refractivity contribution in [1.29, 1.82) is 5.26 Å². The third-order valence-corrected chi connectivity index (χ3v) is 6.15. The van der Waals surface area contributed by atoms with Crippen molar-refractivity contribution in [3.63, 3.8) is 0 Å². The highest BCUT2D eigenvalue weighted by Crippen LogP contribution is 2.41. The first kappa shape index (κ1) is 26.1. The molecule has 7 heteroatoms. The van der Waals surface area contributed by atoms with E-state index in [1.807, 2.05) is 77.7 Å². The Morgan fingerprint density at radius 1 is 0.842 bits per heavy atom. The predicted octanol–water partition coefficient (Wildman–Crippen LogP) is 5.39. The Labute approximate surface area is 222 Å². The van der Waals surface area contributed by atoms with Crippen LogP contribution in [0.3, 0.4) is 0 Å². The minimum absolute atomic E-state index is 0.282. The zero-order valence-corrected chi connectivity index (χ0v) is 21.3. The molecule has 0 aliphatic heterocycles. The highest BCUT2D eigenvalue weighted by atomic mass is 16.5. The van der Waals surface area contributed by atoms with Gasteiger partial charge in [-0.3, -0.25) is 4.79 Å². The Morgan fingerprint density at radius 3 is 1.97 bits per heavy atom. The Balaban J connectivity index is 1.84. The fraction of sp³-hybridized carbons (Fsp3) is 0.161. The van der Waals surface area contributed by atoms with Gasteiger partial charge < -0.3 is 24.8 Å². The van der Waals surface area contributed by atoms with E-state index in [4.69, 9.17) is 19.9 Å². The lowest BCUT2D eigenvalue weighted by molar-refractivity contribution is -0.119. The molecule has 0 bridgehead atoms. The maximum atomic E-state index is 13.2. The van der Waals surface area contributed by atoms with E-state index in [-0.39, 0.29) is 6.61 Å². The smallest absolute Gasteiger partial charge is 0.244 e. The number of carbonyl (C=O) groups is 1. The molecule has 1 unspecified atom stereocenters. The summed E-state index contributed by atoms with van der Waals surface area (Å²) >= 11 is 0. The van der Waals surface area contributed by atoms with Gasteiger partial charge in [-0.15, -0.1) is 0 Å². The van der Waals surface area contributed by atoms with Crippen molar-refractivity contribution in [3.05, 3.63) is 119 Å². The van der Waals surface area contributed by atoms with Crippen molar-refractivity contribution in [3.8, 4) is 23.3 Å². The number of hydrogen-bond donors (Lipinski definition) is 1. The molecule has 4 rings (SSSR count). The van der Waals surface area contributed by atoms with E-state index in [0.717, 1.165) is 16.8 Å². The van der Waals surface area contributed by atoms with Crippen LogP contribution in [-0.2, 0) is 17.9 Å². The van der Waals surface area contributed by atoms with Crippen LogP contribution < -0.4 is 24.8 Å². The second kappa shape index (κ2) is 12.3. The maximum Gasteiger partial charge on any atom is 0.244 e. The molecule has 1 amide bonds.